The molecule has 0 spiro atoms. The molecule has 2 aliphatic rings. The molecule has 2 aromatic heterocycles. The van der Waals surface area contributed by atoms with E-state index in [1.165, 1.54) is 31.9 Å². The van der Waals surface area contributed by atoms with Gasteiger partial charge in [-0.1, -0.05) is 12.1 Å². The van der Waals surface area contributed by atoms with Crippen molar-refractivity contribution in [2.24, 2.45) is 5.92 Å². The van der Waals surface area contributed by atoms with Crippen LogP contribution in [0, 0.1) is 19.8 Å². The van der Waals surface area contributed by atoms with Gasteiger partial charge in [0.15, 0.2) is 0 Å². The van der Waals surface area contributed by atoms with Crippen LogP contribution in [-0.2, 0) is 20.7 Å². The van der Waals surface area contributed by atoms with E-state index in [0.717, 1.165) is 41.4 Å². The highest BCUT2D eigenvalue weighted by Gasteiger charge is 2.28. The number of methoxy groups -OCH3 is 1. The molecule has 2 aliphatic heterocycles. The van der Waals surface area contributed by atoms with Gasteiger partial charge < -0.3 is 24.3 Å². The Morgan fingerprint density at radius 3 is 2.38 bits per heavy atom. The average Bonchev–Trinajstić information content (AvgIpc) is 3.42. The first kappa shape index (κ1) is 27.7. The number of ether oxygens (including phenoxy) is 1. The molecule has 40 heavy (non-hydrogen) atoms. The van der Waals surface area contributed by atoms with Crippen molar-refractivity contribution in [3.8, 4) is 0 Å². The van der Waals surface area contributed by atoms with Crippen LogP contribution in [-0.4, -0.2) is 55.1 Å². The molecule has 0 saturated carbocycles. The number of carbonyl (C=O) groups excluding carboxylic acids is 2. The van der Waals surface area contributed by atoms with Gasteiger partial charge in [-0.2, -0.15) is 0 Å². The molecule has 2 saturated heterocycles. The van der Waals surface area contributed by atoms with Crippen LogP contribution < -0.4 is 15.1 Å². The maximum absolute atomic E-state index is 13.4. The van der Waals surface area contributed by atoms with Crippen molar-refractivity contribution in [2.45, 2.75) is 58.4 Å². The SMILES string of the molecule is COC(=O)C1CCN(c2ncc(CC(=O)NC(c3ccc(C)o3)c3ccc(C)cc3N3CCCCC3)cn2)CC1. The first-order valence-electron chi connectivity index (χ1n) is 14.3. The van der Waals surface area contributed by atoms with E-state index in [1.807, 2.05) is 19.1 Å². The highest BCUT2D eigenvalue weighted by molar-refractivity contribution is 5.80. The van der Waals surface area contributed by atoms with Crippen molar-refractivity contribution >= 4 is 23.5 Å². The number of hydrogen-bond donors (Lipinski definition) is 1. The number of nitrogens with one attached hydrogen (secondary N) is 1. The summed E-state index contributed by atoms with van der Waals surface area (Å²) in [7, 11) is 1.43. The van der Waals surface area contributed by atoms with Gasteiger partial charge in [0.25, 0.3) is 0 Å². The molecular weight excluding hydrogens is 506 g/mol. The van der Waals surface area contributed by atoms with Gasteiger partial charge in [0.2, 0.25) is 11.9 Å². The smallest absolute Gasteiger partial charge is 0.308 e. The third kappa shape index (κ3) is 6.46. The Bertz CT molecular complexity index is 1310. The van der Waals surface area contributed by atoms with Gasteiger partial charge in [-0.05, 0) is 75.3 Å². The molecule has 9 heteroatoms. The van der Waals surface area contributed by atoms with E-state index in [1.54, 1.807) is 12.4 Å². The minimum atomic E-state index is -0.407. The lowest BCUT2D eigenvalue weighted by atomic mass is 9.97. The normalized spacial score (nSPS) is 17.0. The monoisotopic (exact) mass is 545 g/mol. The molecule has 1 atom stereocenters. The zero-order chi connectivity index (χ0) is 28.1. The minimum absolute atomic E-state index is 0.0703. The summed E-state index contributed by atoms with van der Waals surface area (Å²) < 4.78 is 10.9. The Kier molecular flexibility index (Phi) is 8.67. The van der Waals surface area contributed by atoms with Crippen LogP contribution in [0.15, 0.2) is 47.1 Å². The lowest BCUT2D eigenvalue weighted by Gasteiger charge is -2.33. The summed E-state index contributed by atoms with van der Waals surface area (Å²) in [4.78, 5) is 38.7. The number of aryl methyl sites for hydroxylation is 2. The van der Waals surface area contributed by atoms with Gasteiger partial charge in [-0.3, -0.25) is 9.59 Å². The molecule has 1 N–H and O–H groups in total. The maximum atomic E-state index is 13.4. The predicted molar refractivity (Wildman–Crippen MR) is 153 cm³/mol. The summed E-state index contributed by atoms with van der Waals surface area (Å²) in [6.07, 6.45) is 8.61. The second-order valence-corrected chi connectivity index (χ2v) is 10.9. The molecule has 1 unspecified atom stereocenters. The number of esters is 1. The Morgan fingerprint density at radius 1 is 1.00 bits per heavy atom. The molecule has 1 amide bonds. The topological polar surface area (TPSA) is 101 Å². The van der Waals surface area contributed by atoms with Crippen LogP contribution in [0.4, 0.5) is 11.6 Å². The summed E-state index contributed by atoms with van der Waals surface area (Å²) in [6.45, 7) is 7.43. The Labute approximate surface area is 235 Å². The zero-order valence-electron chi connectivity index (χ0n) is 23.7. The number of rotatable bonds is 8. The summed E-state index contributed by atoms with van der Waals surface area (Å²) >= 11 is 0. The van der Waals surface area contributed by atoms with Crippen LogP contribution in [0.2, 0.25) is 0 Å². The third-order valence-electron chi connectivity index (χ3n) is 7.91. The van der Waals surface area contributed by atoms with E-state index >= 15 is 0 Å². The number of anilines is 2. The van der Waals surface area contributed by atoms with Crippen molar-refractivity contribution in [2.75, 3.05) is 43.1 Å². The zero-order valence-corrected chi connectivity index (χ0v) is 23.7. The Morgan fingerprint density at radius 2 is 1.73 bits per heavy atom. The largest absolute Gasteiger partial charge is 0.469 e. The first-order chi connectivity index (χ1) is 19.4. The van der Waals surface area contributed by atoms with Crippen molar-refractivity contribution in [3.05, 3.63) is 70.9 Å². The number of piperidine rings is 2. The second kappa shape index (κ2) is 12.5. The second-order valence-electron chi connectivity index (χ2n) is 10.9. The standard InChI is InChI=1S/C31H39N5O4/c1-21-7-9-25(26(17-21)35-13-5-4-6-14-35)29(27-10-8-22(2)40-27)34-28(37)18-23-19-32-31(33-20-23)36-15-11-24(12-16-36)30(38)39-3/h7-10,17,19-20,24,29H,4-6,11-16,18H2,1-3H3,(H,34,37). The van der Waals surface area contributed by atoms with E-state index in [4.69, 9.17) is 9.15 Å². The molecule has 1 aromatic carbocycles. The molecule has 0 aliphatic carbocycles. The van der Waals surface area contributed by atoms with E-state index < -0.39 is 6.04 Å². The fraction of sp³-hybridized carbons (Fsp3) is 0.484. The van der Waals surface area contributed by atoms with Crippen molar-refractivity contribution in [3.63, 3.8) is 0 Å². The molecule has 2 fully saturated rings. The number of aromatic nitrogens is 2. The number of amides is 1. The molecule has 0 radical (unpaired) electrons. The lowest BCUT2D eigenvalue weighted by molar-refractivity contribution is -0.146. The van der Waals surface area contributed by atoms with Crippen LogP contribution in [0.3, 0.4) is 0 Å². The van der Waals surface area contributed by atoms with Crippen LogP contribution in [0.5, 0.6) is 0 Å². The molecule has 9 nitrogen and oxygen atoms in total. The summed E-state index contributed by atoms with van der Waals surface area (Å²) in [5, 5.41) is 3.24. The number of carbonyl (C=O) groups is 2. The molecule has 3 aromatic rings. The number of hydrogen-bond acceptors (Lipinski definition) is 8. The van der Waals surface area contributed by atoms with E-state index in [-0.39, 0.29) is 24.2 Å². The molecular formula is C31H39N5O4. The fourth-order valence-electron chi connectivity index (χ4n) is 5.70. The van der Waals surface area contributed by atoms with E-state index in [9.17, 15) is 9.59 Å². The Balaban J connectivity index is 1.29. The van der Waals surface area contributed by atoms with Gasteiger partial charge in [0, 0.05) is 49.8 Å². The van der Waals surface area contributed by atoms with Gasteiger partial charge in [0.1, 0.15) is 17.6 Å². The van der Waals surface area contributed by atoms with Gasteiger partial charge in [0.05, 0.1) is 19.4 Å². The van der Waals surface area contributed by atoms with Crippen LogP contribution in [0.25, 0.3) is 0 Å². The average molecular weight is 546 g/mol. The lowest BCUT2D eigenvalue weighted by Crippen LogP contribution is -2.37. The maximum Gasteiger partial charge on any atom is 0.308 e. The molecule has 0 bridgehead atoms. The van der Waals surface area contributed by atoms with E-state index in [2.05, 4.69) is 50.2 Å². The summed E-state index contributed by atoms with van der Waals surface area (Å²) in [5.41, 5.74) is 4.12. The van der Waals surface area contributed by atoms with Crippen LogP contribution in [0.1, 0.15) is 66.4 Å². The molecule has 4 heterocycles. The van der Waals surface area contributed by atoms with Gasteiger partial charge in [-0.15, -0.1) is 0 Å². The highest BCUT2D eigenvalue weighted by Crippen LogP contribution is 2.34. The fourth-order valence-corrected chi connectivity index (χ4v) is 5.70. The highest BCUT2D eigenvalue weighted by atomic mass is 16.5. The first-order valence-corrected chi connectivity index (χ1v) is 14.3. The summed E-state index contributed by atoms with van der Waals surface area (Å²) in [5.74, 6) is 1.79. The number of benzene rings is 1. The van der Waals surface area contributed by atoms with Gasteiger partial charge >= 0.3 is 5.97 Å². The van der Waals surface area contributed by atoms with Crippen molar-refractivity contribution in [1.82, 2.24) is 15.3 Å². The Hall–Kier alpha value is -3.88. The molecule has 5 rings (SSSR count). The third-order valence-corrected chi connectivity index (χ3v) is 7.91. The minimum Gasteiger partial charge on any atom is -0.469 e. The quantitative estimate of drug-likeness (QED) is 0.413. The van der Waals surface area contributed by atoms with Gasteiger partial charge in [-0.25, -0.2) is 9.97 Å². The van der Waals surface area contributed by atoms with Crippen molar-refractivity contribution < 1.29 is 18.7 Å². The number of furan rings is 1. The van der Waals surface area contributed by atoms with Crippen molar-refractivity contribution in [1.29, 1.82) is 0 Å². The van der Waals surface area contributed by atoms with Crippen LogP contribution >= 0.6 is 0 Å². The number of nitrogens with zero attached hydrogens (tertiary/aromatic N) is 4. The van der Waals surface area contributed by atoms with E-state index in [0.29, 0.717) is 31.9 Å². The molecule has 212 valence electrons. The predicted octanol–water partition coefficient (Wildman–Crippen LogP) is 4.51. The summed E-state index contributed by atoms with van der Waals surface area (Å²) in [6, 6.07) is 9.90.